The normalized spacial score (nSPS) is 12.6. The number of para-hydroxylation sites is 4. The van der Waals surface area contributed by atoms with Crippen LogP contribution in [0.3, 0.4) is 0 Å². The number of hydrogen-bond acceptors (Lipinski definition) is 5. The number of benzene rings is 4. The van der Waals surface area contributed by atoms with E-state index >= 15 is 0 Å². The molecule has 0 saturated carbocycles. The number of nitrogens with one attached hydrogen (secondary N) is 2. The summed E-state index contributed by atoms with van der Waals surface area (Å²) in [5.74, 6) is 0. The molecule has 4 heterocycles. The number of rotatable bonds is 4. The lowest BCUT2D eigenvalue weighted by molar-refractivity contribution is 1.22. The maximum atomic E-state index is 10.8. The SMILES string of the molecule is [C-]#[N+]C(c1cnc2ccccc2n1)=c1[nH]c(-c2ccccc2C)c2c(=C(C#N)c3cnc4ccccc4n3)[nH]c(-c3ccccc3C)c12. The molecule has 0 amide bonds. The van der Waals surface area contributed by atoms with E-state index in [1.54, 1.807) is 12.4 Å². The molecule has 8 rings (SSSR count). The van der Waals surface area contributed by atoms with E-state index in [-0.39, 0.29) is 0 Å². The number of aromatic nitrogens is 6. The quantitative estimate of drug-likeness (QED) is 0.204. The number of fused-ring (bicyclic) bond motifs is 3. The van der Waals surface area contributed by atoms with Gasteiger partial charge in [-0.2, -0.15) is 5.26 Å². The highest BCUT2D eigenvalue weighted by Crippen LogP contribution is 2.34. The Bertz CT molecular complexity index is 2600. The Morgan fingerprint density at radius 3 is 1.62 bits per heavy atom. The molecule has 0 fully saturated rings. The number of aromatic amines is 2. The van der Waals surface area contributed by atoms with Gasteiger partial charge in [-0.3, -0.25) is 15.0 Å². The zero-order valence-corrected chi connectivity index (χ0v) is 26.1. The van der Waals surface area contributed by atoms with Crippen LogP contribution in [0.25, 0.3) is 71.5 Å². The molecule has 0 aliphatic carbocycles. The third kappa shape index (κ3) is 4.60. The molecule has 8 aromatic rings. The molecule has 4 aromatic carbocycles. The van der Waals surface area contributed by atoms with E-state index in [1.165, 1.54) is 0 Å². The minimum atomic E-state index is 0.322. The van der Waals surface area contributed by atoms with Gasteiger partial charge in [-0.25, -0.2) is 9.83 Å². The molecule has 226 valence electrons. The first-order valence-corrected chi connectivity index (χ1v) is 15.4. The minimum absolute atomic E-state index is 0.322. The van der Waals surface area contributed by atoms with Crippen LogP contribution in [-0.2, 0) is 0 Å². The minimum Gasteiger partial charge on any atom is -0.363 e. The lowest BCUT2D eigenvalue weighted by Gasteiger charge is -2.06. The van der Waals surface area contributed by atoms with Crippen molar-refractivity contribution in [2.24, 2.45) is 0 Å². The van der Waals surface area contributed by atoms with Gasteiger partial charge in [-0.1, -0.05) is 72.8 Å². The molecule has 0 saturated heterocycles. The van der Waals surface area contributed by atoms with E-state index in [9.17, 15) is 5.26 Å². The molecule has 48 heavy (non-hydrogen) atoms. The van der Waals surface area contributed by atoms with Gasteiger partial charge in [0.15, 0.2) is 0 Å². The lowest BCUT2D eigenvalue weighted by Crippen LogP contribution is -2.11. The van der Waals surface area contributed by atoms with Gasteiger partial charge >= 0.3 is 0 Å². The van der Waals surface area contributed by atoms with Crippen LogP contribution in [0.15, 0.2) is 109 Å². The number of nitriles is 1. The molecule has 0 unspecified atom stereocenters. The van der Waals surface area contributed by atoms with Crippen molar-refractivity contribution in [3.05, 3.63) is 154 Å². The van der Waals surface area contributed by atoms with Crippen LogP contribution in [-0.4, -0.2) is 29.9 Å². The third-order valence-corrected chi connectivity index (χ3v) is 8.69. The smallest absolute Gasteiger partial charge is 0.237 e. The van der Waals surface area contributed by atoms with E-state index < -0.39 is 0 Å². The fourth-order valence-electron chi connectivity index (χ4n) is 6.36. The summed E-state index contributed by atoms with van der Waals surface area (Å²) in [5, 5.41) is 13.5. The second-order valence-corrected chi connectivity index (χ2v) is 11.6. The van der Waals surface area contributed by atoms with Crippen molar-refractivity contribution in [3.8, 4) is 28.6 Å². The van der Waals surface area contributed by atoms with Gasteiger partial charge in [0.1, 0.15) is 17.3 Å². The monoisotopic (exact) mass is 618 g/mol. The standard InChI is InChI=1S/C40H26N8/c1-23-12-4-6-14-25(23)36-34-35(40(48-36)39(42-3)33-22-44-29-17-9-11-19-31(29)46-33)37(26-15-7-5-13-24(26)2)47-38(34)27(20-41)32-21-43-28-16-8-10-18-30(28)45-32/h4-19,21-22,47-48H,1-2H3. The Hall–Kier alpha value is -6.90. The van der Waals surface area contributed by atoms with Gasteiger partial charge in [0.05, 0.1) is 62.6 Å². The van der Waals surface area contributed by atoms with Crippen molar-refractivity contribution in [3.63, 3.8) is 0 Å². The van der Waals surface area contributed by atoms with Crippen molar-refractivity contribution in [2.75, 3.05) is 0 Å². The van der Waals surface area contributed by atoms with E-state index in [0.717, 1.165) is 55.4 Å². The fraction of sp³-hybridized carbons (Fsp3) is 0.0500. The van der Waals surface area contributed by atoms with Gasteiger partial charge in [-0.15, -0.1) is 0 Å². The summed E-state index contributed by atoms with van der Waals surface area (Å²) < 4.78 is 0. The summed E-state index contributed by atoms with van der Waals surface area (Å²) in [6.07, 6.45) is 3.29. The predicted octanol–water partition coefficient (Wildman–Crippen LogP) is 7.13. The van der Waals surface area contributed by atoms with Gasteiger partial charge in [0.2, 0.25) is 5.70 Å². The maximum absolute atomic E-state index is 10.8. The molecule has 8 nitrogen and oxygen atoms in total. The predicted molar refractivity (Wildman–Crippen MR) is 189 cm³/mol. The zero-order chi connectivity index (χ0) is 32.8. The molecular formula is C40H26N8. The zero-order valence-electron chi connectivity index (χ0n) is 26.1. The number of aryl methyl sites for hydroxylation is 2. The summed E-state index contributed by atoms with van der Waals surface area (Å²) in [4.78, 5) is 30.4. The van der Waals surface area contributed by atoms with Crippen molar-refractivity contribution in [1.29, 1.82) is 5.26 Å². The summed E-state index contributed by atoms with van der Waals surface area (Å²) in [6.45, 7) is 12.5. The van der Waals surface area contributed by atoms with Crippen LogP contribution < -0.4 is 10.7 Å². The van der Waals surface area contributed by atoms with Crippen molar-refractivity contribution >= 4 is 44.1 Å². The topological polar surface area (TPSA) is 111 Å². The second-order valence-electron chi connectivity index (χ2n) is 11.6. The Morgan fingerprint density at radius 2 is 1.08 bits per heavy atom. The second kappa shape index (κ2) is 11.5. The van der Waals surface area contributed by atoms with Crippen molar-refractivity contribution in [1.82, 2.24) is 29.9 Å². The molecule has 0 bridgehead atoms. The van der Waals surface area contributed by atoms with E-state index in [2.05, 4.69) is 30.9 Å². The van der Waals surface area contributed by atoms with Crippen LogP contribution >= 0.6 is 0 Å². The third-order valence-electron chi connectivity index (χ3n) is 8.69. The van der Waals surface area contributed by atoms with Crippen LogP contribution in [0.5, 0.6) is 0 Å². The Labute approximate surface area is 275 Å². The number of hydrogen-bond donors (Lipinski definition) is 2. The van der Waals surface area contributed by atoms with Gasteiger partial charge in [0, 0.05) is 28.1 Å². The molecule has 0 aliphatic rings. The van der Waals surface area contributed by atoms with E-state index in [1.807, 2.05) is 111 Å². The maximum Gasteiger partial charge on any atom is 0.237 e. The molecule has 4 aromatic heterocycles. The molecule has 0 spiro atoms. The fourth-order valence-corrected chi connectivity index (χ4v) is 6.36. The van der Waals surface area contributed by atoms with Crippen LogP contribution in [0.4, 0.5) is 0 Å². The van der Waals surface area contributed by atoms with E-state index in [0.29, 0.717) is 44.4 Å². The molecule has 0 atom stereocenters. The first-order chi connectivity index (χ1) is 23.6. The number of H-pyrrole nitrogens is 2. The van der Waals surface area contributed by atoms with Crippen LogP contribution in [0.2, 0.25) is 0 Å². The Morgan fingerprint density at radius 1 is 0.625 bits per heavy atom. The highest BCUT2D eigenvalue weighted by molar-refractivity contribution is 6.08. The van der Waals surface area contributed by atoms with Gasteiger partial charge < -0.3 is 9.97 Å². The van der Waals surface area contributed by atoms with Crippen molar-refractivity contribution in [2.45, 2.75) is 13.8 Å². The van der Waals surface area contributed by atoms with Crippen LogP contribution in [0.1, 0.15) is 22.5 Å². The lowest BCUT2D eigenvalue weighted by atomic mass is 10.00. The van der Waals surface area contributed by atoms with Gasteiger partial charge in [0.25, 0.3) is 0 Å². The van der Waals surface area contributed by atoms with Crippen molar-refractivity contribution < 1.29 is 0 Å². The van der Waals surface area contributed by atoms with Gasteiger partial charge in [-0.05, 0) is 49.2 Å². The summed E-state index contributed by atoms with van der Waals surface area (Å²) in [7, 11) is 0. The number of nitrogens with zero attached hydrogens (tertiary/aromatic N) is 6. The first kappa shape index (κ1) is 28.6. The first-order valence-electron chi connectivity index (χ1n) is 15.4. The largest absolute Gasteiger partial charge is 0.363 e. The molecule has 0 radical (unpaired) electrons. The summed E-state index contributed by atoms with van der Waals surface area (Å²) in [6, 6.07) is 33.8. The molecular weight excluding hydrogens is 592 g/mol. The Kier molecular flexibility index (Phi) is 6.83. The Balaban J connectivity index is 1.60. The highest BCUT2D eigenvalue weighted by atomic mass is 14.9. The van der Waals surface area contributed by atoms with E-state index in [4.69, 9.17) is 16.5 Å². The summed E-state index contributed by atoms with van der Waals surface area (Å²) in [5.41, 5.74) is 9.96. The average Bonchev–Trinajstić information content (AvgIpc) is 3.69. The average molecular weight is 619 g/mol. The van der Waals surface area contributed by atoms with Crippen LogP contribution in [0, 0.1) is 31.8 Å². The molecule has 0 aliphatic heterocycles. The molecule has 8 heteroatoms. The summed E-state index contributed by atoms with van der Waals surface area (Å²) >= 11 is 0. The highest BCUT2D eigenvalue weighted by Gasteiger charge is 2.24. The molecule has 2 N–H and O–H groups in total.